The van der Waals surface area contributed by atoms with E-state index in [1.807, 2.05) is 6.07 Å². The van der Waals surface area contributed by atoms with Crippen LogP contribution in [0.1, 0.15) is 11.1 Å². The fourth-order valence-electron chi connectivity index (χ4n) is 2.16. The monoisotopic (exact) mass is 386 g/mol. The first-order valence-electron chi connectivity index (χ1n) is 8.13. The Bertz CT molecular complexity index is 847. The third kappa shape index (κ3) is 7.33. The highest BCUT2D eigenvalue weighted by Crippen LogP contribution is 2.13. The Morgan fingerprint density at radius 1 is 1.11 bits per heavy atom. The third-order valence-corrected chi connectivity index (χ3v) is 3.75. The Labute approximate surface area is 162 Å². The van der Waals surface area contributed by atoms with Gasteiger partial charge in [0, 0.05) is 16.8 Å². The second-order valence-corrected chi connectivity index (χ2v) is 6.04. The number of carbonyl (C=O) groups is 3. The second-order valence-electron chi connectivity index (χ2n) is 5.60. The normalized spacial score (nSPS) is 10.4. The zero-order valence-electron chi connectivity index (χ0n) is 14.7. The van der Waals surface area contributed by atoms with E-state index in [1.165, 1.54) is 13.2 Å². The van der Waals surface area contributed by atoms with Gasteiger partial charge in [0.1, 0.15) is 6.54 Å². The van der Waals surface area contributed by atoms with E-state index in [0.29, 0.717) is 10.7 Å². The molecule has 2 aromatic rings. The number of hydrogen-bond acceptors (Lipinski definition) is 4. The first-order chi connectivity index (χ1) is 13.0. The van der Waals surface area contributed by atoms with E-state index >= 15 is 0 Å². The number of halogens is 1. The van der Waals surface area contributed by atoms with Gasteiger partial charge in [0.25, 0.3) is 0 Å². The van der Waals surface area contributed by atoms with Crippen molar-refractivity contribution in [2.45, 2.75) is 6.42 Å². The molecule has 2 aromatic carbocycles. The van der Waals surface area contributed by atoms with Gasteiger partial charge in [-0.15, -0.1) is 0 Å². The van der Waals surface area contributed by atoms with Crippen LogP contribution in [0.4, 0.5) is 5.69 Å². The zero-order valence-corrected chi connectivity index (χ0v) is 15.5. The highest BCUT2D eigenvalue weighted by Gasteiger charge is 2.06. The van der Waals surface area contributed by atoms with Crippen LogP contribution in [-0.4, -0.2) is 31.4 Å². The largest absolute Gasteiger partial charge is 0.468 e. The molecule has 0 heterocycles. The molecule has 0 unspecified atom stereocenters. The molecule has 0 aliphatic heterocycles. The van der Waals surface area contributed by atoms with Gasteiger partial charge in [0.15, 0.2) is 0 Å². The molecule has 0 atom stereocenters. The lowest BCUT2D eigenvalue weighted by atomic mass is 10.1. The fraction of sp³-hybridized carbons (Fsp3) is 0.150. The Morgan fingerprint density at radius 3 is 2.52 bits per heavy atom. The van der Waals surface area contributed by atoms with Gasteiger partial charge in [-0.2, -0.15) is 0 Å². The van der Waals surface area contributed by atoms with E-state index in [0.717, 1.165) is 11.1 Å². The molecule has 2 N–H and O–H groups in total. The van der Waals surface area contributed by atoms with Crippen LogP contribution in [0.3, 0.4) is 0 Å². The predicted molar refractivity (Wildman–Crippen MR) is 104 cm³/mol. The van der Waals surface area contributed by atoms with Gasteiger partial charge in [-0.05, 0) is 41.5 Å². The molecular formula is C20H19ClN2O4. The SMILES string of the molecule is COC(=O)CNC(=O)Cc1ccc(NC(=O)C=Cc2cccc(Cl)c2)cc1. The van der Waals surface area contributed by atoms with Crippen LogP contribution >= 0.6 is 11.6 Å². The lowest BCUT2D eigenvalue weighted by molar-refractivity contribution is -0.141. The summed E-state index contributed by atoms with van der Waals surface area (Å²) in [6.07, 6.45) is 3.21. The molecule has 0 aromatic heterocycles. The van der Waals surface area contributed by atoms with Gasteiger partial charge >= 0.3 is 5.97 Å². The first-order valence-corrected chi connectivity index (χ1v) is 8.51. The van der Waals surface area contributed by atoms with Gasteiger partial charge in [0.2, 0.25) is 11.8 Å². The van der Waals surface area contributed by atoms with Crippen molar-refractivity contribution in [3.8, 4) is 0 Å². The summed E-state index contributed by atoms with van der Waals surface area (Å²) in [5.41, 5.74) is 2.19. The minimum absolute atomic E-state index is 0.125. The number of rotatable bonds is 7. The summed E-state index contributed by atoms with van der Waals surface area (Å²) in [5, 5.41) is 5.80. The number of esters is 1. The number of ether oxygens (including phenoxy) is 1. The number of nitrogens with one attached hydrogen (secondary N) is 2. The second kappa shape index (κ2) is 10.1. The number of benzene rings is 2. The van der Waals surface area contributed by atoms with Crippen molar-refractivity contribution in [1.82, 2.24) is 5.32 Å². The van der Waals surface area contributed by atoms with Gasteiger partial charge < -0.3 is 15.4 Å². The quantitative estimate of drug-likeness (QED) is 0.566. The maximum absolute atomic E-state index is 12.0. The van der Waals surface area contributed by atoms with Crippen LogP contribution in [0.2, 0.25) is 5.02 Å². The highest BCUT2D eigenvalue weighted by molar-refractivity contribution is 6.30. The van der Waals surface area contributed by atoms with Crippen LogP contribution in [0, 0.1) is 0 Å². The Hall–Kier alpha value is -3.12. The van der Waals surface area contributed by atoms with E-state index in [2.05, 4.69) is 15.4 Å². The van der Waals surface area contributed by atoms with Gasteiger partial charge in [-0.25, -0.2) is 0 Å². The van der Waals surface area contributed by atoms with Crippen molar-refractivity contribution in [1.29, 1.82) is 0 Å². The molecule has 0 saturated carbocycles. The number of methoxy groups -OCH3 is 1. The third-order valence-electron chi connectivity index (χ3n) is 3.52. The van der Waals surface area contributed by atoms with Crippen LogP contribution in [-0.2, 0) is 25.5 Å². The van der Waals surface area contributed by atoms with Crippen LogP contribution in [0.25, 0.3) is 6.08 Å². The predicted octanol–water partition coefficient (Wildman–Crippen LogP) is 2.82. The Balaban J connectivity index is 1.85. The standard InChI is InChI=1S/C20H19ClN2O4/c1-27-20(26)13-22-19(25)12-15-5-8-17(9-6-15)23-18(24)10-7-14-3-2-4-16(21)11-14/h2-11H,12-13H2,1H3,(H,22,25)(H,23,24). The smallest absolute Gasteiger partial charge is 0.325 e. The van der Waals surface area contributed by atoms with Crippen LogP contribution in [0.15, 0.2) is 54.6 Å². The van der Waals surface area contributed by atoms with E-state index in [-0.39, 0.29) is 24.8 Å². The summed E-state index contributed by atoms with van der Waals surface area (Å²) in [7, 11) is 1.26. The van der Waals surface area contributed by atoms with E-state index < -0.39 is 5.97 Å². The molecule has 0 fully saturated rings. The molecule has 2 amide bonds. The number of anilines is 1. The van der Waals surface area contributed by atoms with Gasteiger partial charge in [-0.1, -0.05) is 35.9 Å². The minimum atomic E-state index is -0.507. The summed E-state index contributed by atoms with van der Waals surface area (Å²) < 4.78 is 4.45. The van der Waals surface area contributed by atoms with E-state index in [1.54, 1.807) is 48.5 Å². The molecule has 7 heteroatoms. The van der Waals surface area contributed by atoms with E-state index in [4.69, 9.17) is 11.6 Å². The molecule has 2 rings (SSSR count). The highest BCUT2D eigenvalue weighted by atomic mass is 35.5. The summed E-state index contributed by atoms with van der Waals surface area (Å²) in [4.78, 5) is 34.7. The van der Waals surface area contributed by atoms with Crippen molar-refractivity contribution in [2.75, 3.05) is 19.0 Å². The molecule has 0 bridgehead atoms. The van der Waals surface area contributed by atoms with Crippen molar-refractivity contribution >= 4 is 41.1 Å². The summed E-state index contributed by atoms with van der Waals surface area (Å²) in [6.45, 7) is -0.164. The summed E-state index contributed by atoms with van der Waals surface area (Å²) in [6, 6.07) is 14.0. The van der Waals surface area contributed by atoms with Gasteiger partial charge in [-0.3, -0.25) is 14.4 Å². The molecule has 0 saturated heterocycles. The number of carbonyl (C=O) groups excluding carboxylic acids is 3. The van der Waals surface area contributed by atoms with Crippen molar-refractivity contribution in [2.24, 2.45) is 0 Å². The average molecular weight is 387 g/mol. The maximum atomic E-state index is 12.0. The molecular weight excluding hydrogens is 368 g/mol. The van der Waals surface area contributed by atoms with Crippen molar-refractivity contribution < 1.29 is 19.1 Å². The van der Waals surface area contributed by atoms with E-state index in [9.17, 15) is 14.4 Å². The molecule has 0 spiro atoms. The number of amides is 2. The Morgan fingerprint density at radius 2 is 1.85 bits per heavy atom. The lowest BCUT2D eigenvalue weighted by Crippen LogP contribution is -2.31. The number of hydrogen-bond donors (Lipinski definition) is 2. The molecule has 0 aliphatic rings. The maximum Gasteiger partial charge on any atom is 0.325 e. The van der Waals surface area contributed by atoms with Crippen LogP contribution < -0.4 is 10.6 Å². The Kier molecular flexibility index (Phi) is 7.58. The van der Waals surface area contributed by atoms with Crippen LogP contribution in [0.5, 0.6) is 0 Å². The zero-order chi connectivity index (χ0) is 19.6. The minimum Gasteiger partial charge on any atom is -0.468 e. The first kappa shape index (κ1) is 20.2. The summed E-state index contributed by atoms with van der Waals surface area (Å²) in [5.74, 6) is -1.08. The van der Waals surface area contributed by atoms with Crippen molar-refractivity contribution in [3.05, 3.63) is 70.8 Å². The topological polar surface area (TPSA) is 84.5 Å². The summed E-state index contributed by atoms with van der Waals surface area (Å²) >= 11 is 5.90. The van der Waals surface area contributed by atoms with Crippen molar-refractivity contribution in [3.63, 3.8) is 0 Å². The molecule has 27 heavy (non-hydrogen) atoms. The molecule has 0 radical (unpaired) electrons. The fourth-order valence-corrected chi connectivity index (χ4v) is 2.36. The molecule has 6 nitrogen and oxygen atoms in total. The molecule has 140 valence electrons. The average Bonchev–Trinajstić information content (AvgIpc) is 2.66. The molecule has 0 aliphatic carbocycles. The van der Waals surface area contributed by atoms with Gasteiger partial charge in [0.05, 0.1) is 13.5 Å². The lowest BCUT2D eigenvalue weighted by Gasteiger charge is -2.06.